The first-order valence-electron chi connectivity index (χ1n) is 9.67. The van der Waals surface area contributed by atoms with Gasteiger partial charge in [0.15, 0.2) is 5.01 Å². The summed E-state index contributed by atoms with van der Waals surface area (Å²) in [6.07, 6.45) is -1.18. The van der Waals surface area contributed by atoms with E-state index in [9.17, 15) is 22.8 Å². The molecule has 1 saturated carbocycles. The zero-order chi connectivity index (χ0) is 22.1. The number of nitrogens with zero attached hydrogens (tertiary/aromatic N) is 4. The van der Waals surface area contributed by atoms with Gasteiger partial charge in [0.1, 0.15) is 5.82 Å². The van der Waals surface area contributed by atoms with Gasteiger partial charge in [-0.1, -0.05) is 0 Å². The Morgan fingerprint density at radius 1 is 1.10 bits per heavy atom. The van der Waals surface area contributed by atoms with E-state index in [1.807, 2.05) is 9.80 Å². The molecule has 2 amide bonds. The number of anilines is 1. The molecular formula is C18H23F3N4O4S. The fraction of sp³-hybridized carbons (Fsp3) is 0.667. The third kappa shape index (κ3) is 5.28. The van der Waals surface area contributed by atoms with Crippen LogP contribution in [0.2, 0.25) is 0 Å². The second-order valence-electron chi connectivity index (χ2n) is 7.53. The molecule has 3 aliphatic rings. The van der Waals surface area contributed by atoms with Crippen LogP contribution < -0.4 is 4.90 Å². The zero-order valence-electron chi connectivity index (χ0n) is 16.4. The number of amides is 2. The monoisotopic (exact) mass is 448 g/mol. The minimum absolute atomic E-state index is 0.0244. The van der Waals surface area contributed by atoms with Crippen molar-refractivity contribution in [3.63, 3.8) is 0 Å². The lowest BCUT2D eigenvalue weighted by molar-refractivity contribution is -0.192. The number of carbonyl (C=O) groups is 3. The van der Waals surface area contributed by atoms with Crippen LogP contribution >= 0.6 is 11.3 Å². The van der Waals surface area contributed by atoms with Crippen molar-refractivity contribution < 1.29 is 32.7 Å². The summed E-state index contributed by atoms with van der Waals surface area (Å²) in [4.78, 5) is 45.6. The third-order valence-corrected chi connectivity index (χ3v) is 6.22. The Morgan fingerprint density at radius 2 is 1.70 bits per heavy atom. The number of hydrogen-bond acceptors (Lipinski definition) is 6. The molecule has 1 aliphatic carbocycles. The number of piperazine rings is 1. The molecule has 0 aromatic carbocycles. The van der Waals surface area contributed by atoms with Gasteiger partial charge in [-0.05, 0) is 32.7 Å². The topological polar surface area (TPSA) is 94.0 Å². The van der Waals surface area contributed by atoms with Gasteiger partial charge in [0.2, 0.25) is 5.91 Å². The number of halogens is 3. The van der Waals surface area contributed by atoms with E-state index < -0.39 is 12.1 Å². The maximum absolute atomic E-state index is 12.7. The first-order valence-corrected chi connectivity index (χ1v) is 10.5. The number of hydrogen-bond donors (Lipinski definition) is 1. The molecule has 1 aromatic heterocycles. The quantitative estimate of drug-likeness (QED) is 0.742. The van der Waals surface area contributed by atoms with Gasteiger partial charge in [-0.15, -0.1) is 11.3 Å². The molecule has 0 unspecified atom stereocenters. The Bertz CT molecular complexity index is 817. The highest BCUT2D eigenvalue weighted by Crippen LogP contribution is 2.37. The van der Waals surface area contributed by atoms with Gasteiger partial charge in [-0.3, -0.25) is 14.5 Å². The Kier molecular flexibility index (Phi) is 6.65. The van der Waals surface area contributed by atoms with Crippen molar-refractivity contribution in [2.75, 3.05) is 44.7 Å². The van der Waals surface area contributed by atoms with Crippen LogP contribution in [0.5, 0.6) is 0 Å². The number of likely N-dealkylation sites (N-methyl/N-ethyl adjacent to an activating group) is 1. The molecule has 12 heteroatoms. The van der Waals surface area contributed by atoms with E-state index in [2.05, 4.69) is 16.9 Å². The number of rotatable bonds is 2. The maximum atomic E-state index is 12.7. The van der Waals surface area contributed by atoms with Crippen LogP contribution in [-0.2, 0) is 16.0 Å². The van der Waals surface area contributed by atoms with Gasteiger partial charge in [0.05, 0.1) is 0 Å². The van der Waals surface area contributed by atoms with E-state index in [4.69, 9.17) is 9.90 Å². The van der Waals surface area contributed by atoms with Crippen LogP contribution in [0.3, 0.4) is 0 Å². The first-order chi connectivity index (χ1) is 14.1. The number of thiazole rings is 1. The van der Waals surface area contributed by atoms with Gasteiger partial charge in [0, 0.05) is 43.5 Å². The fourth-order valence-corrected chi connectivity index (χ4v) is 4.30. The molecule has 1 N–H and O–H groups in total. The molecule has 2 fully saturated rings. The Balaban J connectivity index is 0.000000318. The van der Waals surface area contributed by atoms with Crippen LogP contribution in [0.4, 0.5) is 19.0 Å². The minimum atomic E-state index is -5.08. The second-order valence-corrected chi connectivity index (χ2v) is 8.62. The van der Waals surface area contributed by atoms with Crippen molar-refractivity contribution in [2.24, 2.45) is 5.92 Å². The Morgan fingerprint density at radius 3 is 2.23 bits per heavy atom. The molecule has 0 spiro atoms. The van der Waals surface area contributed by atoms with Crippen LogP contribution in [0, 0.1) is 5.92 Å². The fourth-order valence-electron chi connectivity index (χ4n) is 3.22. The SMILES string of the molecule is CN1CCN(C(=O)c2nc3c(s2)CCCN3C(=O)C2CC2)CC1.O=C(O)C(F)(F)F. The number of aryl methyl sites for hydroxylation is 1. The van der Waals surface area contributed by atoms with Gasteiger partial charge < -0.3 is 14.9 Å². The normalized spacial score (nSPS) is 19.6. The summed E-state index contributed by atoms with van der Waals surface area (Å²) in [7, 11) is 2.07. The van der Waals surface area contributed by atoms with E-state index >= 15 is 0 Å². The lowest BCUT2D eigenvalue weighted by Crippen LogP contribution is -2.47. The van der Waals surface area contributed by atoms with Crippen molar-refractivity contribution >= 4 is 34.9 Å². The zero-order valence-corrected chi connectivity index (χ0v) is 17.3. The average Bonchev–Trinajstić information content (AvgIpc) is 3.45. The molecule has 0 radical (unpaired) electrons. The molecule has 166 valence electrons. The smallest absolute Gasteiger partial charge is 0.475 e. The molecule has 30 heavy (non-hydrogen) atoms. The first kappa shape index (κ1) is 22.5. The standard InChI is InChI=1S/C16H22N4O2S.C2HF3O2/c1-18-7-9-19(10-8-18)16(22)14-17-13-12(23-14)3-2-6-20(13)15(21)11-4-5-11;3-2(4,5)1(6)7/h11H,2-10H2,1H3;(H,6,7). The highest BCUT2D eigenvalue weighted by atomic mass is 32.1. The molecular weight excluding hydrogens is 425 g/mol. The number of fused-ring (bicyclic) bond motifs is 1. The van der Waals surface area contributed by atoms with Gasteiger partial charge in [0.25, 0.3) is 5.91 Å². The maximum Gasteiger partial charge on any atom is 0.490 e. The van der Waals surface area contributed by atoms with E-state index in [1.54, 1.807) is 0 Å². The van der Waals surface area contributed by atoms with Gasteiger partial charge in [-0.25, -0.2) is 9.78 Å². The molecule has 0 atom stereocenters. The second kappa shape index (κ2) is 8.88. The molecule has 3 heterocycles. The summed E-state index contributed by atoms with van der Waals surface area (Å²) in [5.41, 5.74) is 0. The van der Waals surface area contributed by atoms with Gasteiger partial charge in [-0.2, -0.15) is 13.2 Å². The molecule has 1 saturated heterocycles. The highest BCUT2D eigenvalue weighted by Gasteiger charge is 2.39. The van der Waals surface area contributed by atoms with Crippen molar-refractivity contribution in [3.05, 3.63) is 9.88 Å². The summed E-state index contributed by atoms with van der Waals surface area (Å²) in [5, 5.41) is 7.68. The Hall–Kier alpha value is -2.21. The molecule has 2 aliphatic heterocycles. The van der Waals surface area contributed by atoms with Crippen LogP contribution in [0.15, 0.2) is 0 Å². The number of carboxylic acids is 1. The van der Waals surface area contributed by atoms with Crippen LogP contribution in [0.1, 0.15) is 33.9 Å². The summed E-state index contributed by atoms with van der Waals surface area (Å²) in [5.74, 6) is -1.58. The van der Waals surface area contributed by atoms with Crippen molar-refractivity contribution in [3.8, 4) is 0 Å². The summed E-state index contributed by atoms with van der Waals surface area (Å²) < 4.78 is 31.7. The minimum Gasteiger partial charge on any atom is -0.475 e. The van der Waals surface area contributed by atoms with E-state index in [0.29, 0.717) is 5.01 Å². The number of aromatic nitrogens is 1. The van der Waals surface area contributed by atoms with Crippen molar-refractivity contribution in [1.82, 2.24) is 14.8 Å². The average molecular weight is 448 g/mol. The molecule has 4 rings (SSSR count). The Labute approximate surface area is 175 Å². The van der Waals surface area contributed by atoms with Crippen LogP contribution in [0.25, 0.3) is 0 Å². The number of carbonyl (C=O) groups excluding carboxylic acids is 2. The molecule has 0 bridgehead atoms. The van der Waals surface area contributed by atoms with E-state index in [0.717, 1.165) is 69.1 Å². The number of alkyl halides is 3. The number of aliphatic carboxylic acids is 1. The largest absolute Gasteiger partial charge is 0.490 e. The predicted molar refractivity (Wildman–Crippen MR) is 103 cm³/mol. The lowest BCUT2D eigenvalue weighted by Gasteiger charge is -2.31. The van der Waals surface area contributed by atoms with Crippen LogP contribution in [-0.4, -0.2) is 83.6 Å². The van der Waals surface area contributed by atoms with E-state index in [1.165, 1.54) is 11.3 Å². The van der Waals surface area contributed by atoms with Crippen molar-refractivity contribution in [1.29, 1.82) is 0 Å². The molecule has 8 nitrogen and oxygen atoms in total. The summed E-state index contributed by atoms with van der Waals surface area (Å²) in [6, 6.07) is 0. The summed E-state index contributed by atoms with van der Waals surface area (Å²) in [6.45, 7) is 4.06. The van der Waals surface area contributed by atoms with Gasteiger partial charge >= 0.3 is 12.1 Å². The van der Waals surface area contributed by atoms with E-state index in [-0.39, 0.29) is 17.7 Å². The highest BCUT2D eigenvalue weighted by molar-refractivity contribution is 7.14. The summed E-state index contributed by atoms with van der Waals surface area (Å²) >= 11 is 1.48. The lowest BCUT2D eigenvalue weighted by atomic mass is 10.1. The molecule has 1 aromatic rings. The predicted octanol–water partition coefficient (Wildman–Crippen LogP) is 1.85. The van der Waals surface area contributed by atoms with Crippen molar-refractivity contribution in [2.45, 2.75) is 31.9 Å². The number of carboxylic acid groups (broad SMARTS) is 1. The third-order valence-electron chi connectivity index (χ3n) is 5.13.